The highest BCUT2D eigenvalue weighted by Crippen LogP contribution is 2.38. The third kappa shape index (κ3) is 3.12. The van der Waals surface area contributed by atoms with Crippen molar-refractivity contribution in [2.45, 2.75) is 19.4 Å². The number of nitrogens with zero attached hydrogens (tertiary/aromatic N) is 1. The maximum absolute atomic E-state index is 12.2. The summed E-state index contributed by atoms with van der Waals surface area (Å²) >= 11 is 0. The van der Waals surface area contributed by atoms with Crippen molar-refractivity contribution in [1.29, 1.82) is 0 Å². The Hall–Kier alpha value is -2.77. The summed E-state index contributed by atoms with van der Waals surface area (Å²) in [7, 11) is 2.92. The summed E-state index contributed by atoms with van der Waals surface area (Å²) in [5.74, 6) is -2.43. The van der Waals surface area contributed by atoms with Crippen LogP contribution in [0.25, 0.3) is 0 Å². The second kappa shape index (κ2) is 7.20. The molecule has 8 heteroatoms. The molecule has 1 N–H and O–H groups in total. The van der Waals surface area contributed by atoms with Gasteiger partial charge in [-0.05, 0) is 36.6 Å². The van der Waals surface area contributed by atoms with Crippen molar-refractivity contribution in [1.82, 2.24) is 4.90 Å². The number of esters is 1. The predicted octanol–water partition coefficient (Wildman–Crippen LogP) is 0.777. The molecule has 1 aliphatic rings. The highest BCUT2D eigenvalue weighted by molar-refractivity contribution is 6.32. The fraction of sp³-hybridized carbons (Fsp3) is 0.438. The summed E-state index contributed by atoms with van der Waals surface area (Å²) in [5.41, 5.74) is 1.12. The first-order valence-electron chi connectivity index (χ1n) is 7.39. The molecule has 1 atom stereocenters. The predicted molar refractivity (Wildman–Crippen MR) is 82.0 cm³/mol. The van der Waals surface area contributed by atoms with Crippen LogP contribution in [-0.2, 0) is 25.5 Å². The molecule has 0 aliphatic carbocycles. The highest BCUT2D eigenvalue weighted by atomic mass is 16.5. The van der Waals surface area contributed by atoms with Crippen LogP contribution in [0.1, 0.15) is 24.1 Å². The van der Waals surface area contributed by atoms with Gasteiger partial charge >= 0.3 is 17.8 Å². The zero-order valence-corrected chi connectivity index (χ0v) is 13.7. The quantitative estimate of drug-likeness (QED) is 0.639. The third-order valence-electron chi connectivity index (χ3n) is 3.82. The number of rotatable bonds is 4. The first-order valence-corrected chi connectivity index (χ1v) is 7.39. The largest absolute Gasteiger partial charge is 0.493 e. The van der Waals surface area contributed by atoms with Crippen molar-refractivity contribution in [3.8, 4) is 11.5 Å². The number of aliphatic carboxylic acids is 1. The lowest BCUT2D eigenvalue weighted by Crippen LogP contribution is -2.46. The number of fused-ring (bicyclic) bond motifs is 1. The topological polar surface area (TPSA) is 102 Å². The Balaban J connectivity index is 2.46. The molecule has 24 heavy (non-hydrogen) atoms. The summed E-state index contributed by atoms with van der Waals surface area (Å²) in [6.07, 6.45) is 0.393. The van der Waals surface area contributed by atoms with E-state index < -0.39 is 23.9 Å². The summed E-state index contributed by atoms with van der Waals surface area (Å²) in [4.78, 5) is 36.7. The highest BCUT2D eigenvalue weighted by Gasteiger charge is 2.39. The second-order valence-electron chi connectivity index (χ2n) is 5.12. The summed E-state index contributed by atoms with van der Waals surface area (Å²) in [6.45, 7) is 1.71. The van der Waals surface area contributed by atoms with Crippen molar-refractivity contribution in [2.75, 3.05) is 27.4 Å². The van der Waals surface area contributed by atoms with Crippen molar-refractivity contribution in [2.24, 2.45) is 0 Å². The maximum atomic E-state index is 12.2. The van der Waals surface area contributed by atoms with Gasteiger partial charge in [0, 0.05) is 6.54 Å². The average molecular weight is 337 g/mol. The molecule has 1 heterocycles. The van der Waals surface area contributed by atoms with Crippen molar-refractivity contribution in [3.05, 3.63) is 23.3 Å². The minimum atomic E-state index is -1.29. The SMILES string of the molecule is CCOC(=O)C(=O)N1CCc2cc(OC)c(OC)cc2C1C(=O)O. The van der Waals surface area contributed by atoms with Gasteiger partial charge in [-0.2, -0.15) is 0 Å². The van der Waals surface area contributed by atoms with E-state index in [0.717, 1.165) is 10.5 Å². The molecule has 0 aromatic heterocycles. The molecule has 0 saturated heterocycles. The number of benzene rings is 1. The Labute approximate surface area is 138 Å². The number of hydrogen-bond acceptors (Lipinski definition) is 6. The molecule has 0 fully saturated rings. The van der Waals surface area contributed by atoms with Gasteiger partial charge in [0.05, 0.1) is 20.8 Å². The number of carbonyl (C=O) groups is 3. The number of hydrogen-bond donors (Lipinski definition) is 1. The van der Waals surface area contributed by atoms with Crippen LogP contribution in [0.4, 0.5) is 0 Å². The van der Waals surface area contributed by atoms with Crippen molar-refractivity contribution < 1.29 is 33.7 Å². The first-order chi connectivity index (χ1) is 11.4. The maximum Gasteiger partial charge on any atom is 0.397 e. The lowest BCUT2D eigenvalue weighted by molar-refractivity contribution is -0.164. The van der Waals surface area contributed by atoms with Gasteiger partial charge in [-0.1, -0.05) is 0 Å². The van der Waals surface area contributed by atoms with Gasteiger partial charge < -0.3 is 24.2 Å². The average Bonchev–Trinajstić information content (AvgIpc) is 2.58. The van der Waals surface area contributed by atoms with E-state index in [0.29, 0.717) is 23.5 Å². The number of ether oxygens (including phenoxy) is 3. The Morgan fingerprint density at radius 2 is 1.83 bits per heavy atom. The number of carboxylic acid groups (broad SMARTS) is 1. The molecular weight excluding hydrogens is 318 g/mol. The van der Waals surface area contributed by atoms with Crippen LogP contribution in [0.15, 0.2) is 12.1 Å². The fourth-order valence-corrected chi connectivity index (χ4v) is 2.74. The van der Waals surface area contributed by atoms with Gasteiger partial charge in [-0.3, -0.25) is 4.79 Å². The van der Waals surface area contributed by atoms with Crippen LogP contribution >= 0.6 is 0 Å². The van der Waals surface area contributed by atoms with E-state index in [9.17, 15) is 19.5 Å². The molecular formula is C16H19NO7. The normalized spacial score (nSPS) is 16.1. The van der Waals surface area contributed by atoms with Crippen molar-refractivity contribution >= 4 is 17.8 Å². The van der Waals surface area contributed by atoms with E-state index >= 15 is 0 Å². The van der Waals surface area contributed by atoms with Gasteiger partial charge in [0.1, 0.15) is 0 Å². The Bertz CT molecular complexity index is 671. The molecule has 0 radical (unpaired) electrons. The number of methoxy groups -OCH3 is 2. The Morgan fingerprint density at radius 1 is 1.21 bits per heavy atom. The van der Waals surface area contributed by atoms with E-state index in [1.165, 1.54) is 20.3 Å². The van der Waals surface area contributed by atoms with E-state index in [1.807, 2.05) is 0 Å². The number of carbonyl (C=O) groups excluding carboxylic acids is 2. The Morgan fingerprint density at radius 3 is 2.38 bits per heavy atom. The van der Waals surface area contributed by atoms with Crippen molar-refractivity contribution in [3.63, 3.8) is 0 Å². The molecule has 1 aromatic carbocycles. The molecule has 0 bridgehead atoms. The third-order valence-corrected chi connectivity index (χ3v) is 3.82. The van der Waals surface area contributed by atoms with Crippen LogP contribution in [0.2, 0.25) is 0 Å². The van der Waals surface area contributed by atoms with Crippen LogP contribution in [0.3, 0.4) is 0 Å². The monoisotopic (exact) mass is 337 g/mol. The standard InChI is InChI=1S/C16H19NO7/c1-4-24-16(21)14(18)17-6-5-9-7-11(22-2)12(23-3)8-10(9)13(17)15(19)20/h7-8,13H,4-6H2,1-3H3,(H,19,20). The molecule has 2 rings (SSSR count). The van der Waals surface area contributed by atoms with Gasteiger partial charge in [0.15, 0.2) is 17.5 Å². The van der Waals surface area contributed by atoms with Crippen LogP contribution in [-0.4, -0.2) is 55.2 Å². The summed E-state index contributed by atoms with van der Waals surface area (Å²) in [6, 6.07) is 1.93. The molecule has 0 saturated carbocycles. The minimum absolute atomic E-state index is 0.0394. The zero-order chi connectivity index (χ0) is 17.9. The lowest BCUT2D eigenvalue weighted by atomic mass is 9.91. The molecule has 1 aliphatic heterocycles. The van der Waals surface area contributed by atoms with Crippen LogP contribution in [0.5, 0.6) is 11.5 Å². The van der Waals surface area contributed by atoms with E-state index in [2.05, 4.69) is 4.74 Å². The van der Waals surface area contributed by atoms with E-state index in [4.69, 9.17) is 9.47 Å². The van der Waals surface area contributed by atoms with Gasteiger partial charge in [-0.15, -0.1) is 0 Å². The molecule has 8 nitrogen and oxygen atoms in total. The van der Waals surface area contributed by atoms with E-state index in [-0.39, 0.29) is 13.2 Å². The molecule has 1 unspecified atom stereocenters. The van der Waals surface area contributed by atoms with Crippen LogP contribution < -0.4 is 9.47 Å². The molecule has 130 valence electrons. The zero-order valence-electron chi connectivity index (χ0n) is 13.7. The first kappa shape index (κ1) is 17.6. The summed E-state index contributed by atoms with van der Waals surface area (Å²) < 4.78 is 15.1. The van der Waals surface area contributed by atoms with E-state index in [1.54, 1.807) is 13.0 Å². The molecule has 0 spiro atoms. The minimum Gasteiger partial charge on any atom is -0.493 e. The lowest BCUT2D eigenvalue weighted by Gasteiger charge is -2.34. The number of amides is 1. The van der Waals surface area contributed by atoms with Crippen LogP contribution in [0, 0.1) is 0 Å². The summed E-state index contributed by atoms with van der Waals surface area (Å²) in [5, 5.41) is 9.59. The van der Waals surface area contributed by atoms with Gasteiger partial charge in [0.25, 0.3) is 0 Å². The molecule has 1 amide bonds. The van der Waals surface area contributed by atoms with Gasteiger partial charge in [0.2, 0.25) is 0 Å². The number of carboxylic acids is 1. The molecule has 1 aromatic rings. The second-order valence-corrected chi connectivity index (χ2v) is 5.12. The Kier molecular flexibility index (Phi) is 5.28. The smallest absolute Gasteiger partial charge is 0.397 e. The van der Waals surface area contributed by atoms with Gasteiger partial charge in [-0.25, -0.2) is 9.59 Å². The fourth-order valence-electron chi connectivity index (χ4n) is 2.74.